The van der Waals surface area contributed by atoms with E-state index in [1.807, 2.05) is 0 Å². The average Bonchev–Trinajstić information content (AvgIpc) is 2.70. The first kappa shape index (κ1) is 15.9. The van der Waals surface area contributed by atoms with Gasteiger partial charge < -0.3 is 15.0 Å². The molecule has 0 amide bonds. The quantitative estimate of drug-likeness (QED) is 0.654. The molecule has 18 heavy (non-hydrogen) atoms. The topological polar surface area (TPSA) is 27.7 Å². The van der Waals surface area contributed by atoms with E-state index in [1.54, 1.807) is 7.11 Å². The second kappa shape index (κ2) is 8.10. The lowest BCUT2D eigenvalue weighted by Gasteiger charge is -2.28. The molecule has 1 N–H and O–H groups in total. The predicted octanol–water partition coefficient (Wildman–Crippen LogP) is 0.883. The van der Waals surface area contributed by atoms with Crippen LogP contribution in [0.25, 0.3) is 0 Å². The zero-order chi connectivity index (χ0) is 13.5. The van der Waals surface area contributed by atoms with Crippen LogP contribution in [0.1, 0.15) is 20.3 Å². The fourth-order valence-electron chi connectivity index (χ4n) is 2.89. The molecule has 3 atom stereocenters. The van der Waals surface area contributed by atoms with Crippen LogP contribution in [0, 0.1) is 5.92 Å². The van der Waals surface area contributed by atoms with Gasteiger partial charge in [-0.05, 0) is 33.0 Å². The lowest BCUT2D eigenvalue weighted by atomic mass is 10.1. The second-order valence-corrected chi connectivity index (χ2v) is 5.78. The Morgan fingerprint density at radius 1 is 1.39 bits per heavy atom. The summed E-state index contributed by atoms with van der Waals surface area (Å²) in [4.78, 5) is 4.94. The van der Waals surface area contributed by atoms with Crippen molar-refractivity contribution in [2.75, 3.05) is 54.0 Å². The number of likely N-dealkylation sites (tertiary alicyclic amines) is 1. The van der Waals surface area contributed by atoms with Crippen LogP contribution in [0.5, 0.6) is 0 Å². The smallest absolute Gasteiger partial charge is 0.0630 e. The average molecular weight is 257 g/mol. The second-order valence-electron chi connectivity index (χ2n) is 5.78. The predicted molar refractivity (Wildman–Crippen MR) is 77.0 cm³/mol. The summed E-state index contributed by atoms with van der Waals surface area (Å²) >= 11 is 0. The van der Waals surface area contributed by atoms with Gasteiger partial charge in [-0.1, -0.05) is 13.8 Å². The van der Waals surface area contributed by atoms with Crippen molar-refractivity contribution in [1.82, 2.24) is 15.1 Å². The van der Waals surface area contributed by atoms with Gasteiger partial charge in [-0.2, -0.15) is 0 Å². The van der Waals surface area contributed by atoms with Crippen LogP contribution in [0.4, 0.5) is 0 Å². The number of nitrogens with one attached hydrogen (secondary N) is 1. The van der Waals surface area contributed by atoms with Gasteiger partial charge in [-0.15, -0.1) is 0 Å². The van der Waals surface area contributed by atoms with Crippen LogP contribution in [0.3, 0.4) is 0 Å². The van der Waals surface area contributed by atoms with Gasteiger partial charge in [-0.25, -0.2) is 0 Å². The molecule has 1 aliphatic rings. The van der Waals surface area contributed by atoms with Crippen LogP contribution in [0.15, 0.2) is 0 Å². The van der Waals surface area contributed by atoms with Crippen molar-refractivity contribution in [3.63, 3.8) is 0 Å². The Morgan fingerprint density at radius 3 is 2.61 bits per heavy atom. The van der Waals surface area contributed by atoms with Gasteiger partial charge >= 0.3 is 0 Å². The van der Waals surface area contributed by atoms with E-state index in [0.717, 1.165) is 32.2 Å². The summed E-state index contributed by atoms with van der Waals surface area (Å²) in [5.41, 5.74) is 0. The van der Waals surface area contributed by atoms with Crippen LogP contribution in [-0.2, 0) is 4.74 Å². The van der Waals surface area contributed by atoms with E-state index < -0.39 is 0 Å². The molecule has 1 fully saturated rings. The number of hydrogen-bond acceptors (Lipinski definition) is 4. The van der Waals surface area contributed by atoms with Crippen molar-refractivity contribution in [2.45, 2.75) is 32.4 Å². The molecular formula is C14H31N3O. The van der Waals surface area contributed by atoms with E-state index in [4.69, 9.17) is 4.74 Å². The van der Waals surface area contributed by atoms with E-state index in [2.05, 4.69) is 43.1 Å². The molecule has 0 bridgehead atoms. The minimum atomic E-state index is 0.508. The number of ether oxygens (including phenoxy) is 1. The van der Waals surface area contributed by atoms with Crippen molar-refractivity contribution in [1.29, 1.82) is 0 Å². The Kier molecular flexibility index (Phi) is 7.15. The van der Waals surface area contributed by atoms with Crippen molar-refractivity contribution >= 4 is 0 Å². The SMILES string of the molecule is CCCNCC(COC)N1CC(C)C(N(C)C)C1. The molecule has 1 rings (SSSR count). The Morgan fingerprint density at radius 2 is 2.11 bits per heavy atom. The Labute approximate surface area is 113 Å². The van der Waals surface area contributed by atoms with E-state index >= 15 is 0 Å². The Hall–Kier alpha value is -0.160. The fourth-order valence-corrected chi connectivity index (χ4v) is 2.89. The van der Waals surface area contributed by atoms with Gasteiger partial charge in [-0.3, -0.25) is 4.90 Å². The first-order chi connectivity index (χ1) is 8.60. The van der Waals surface area contributed by atoms with Crippen molar-refractivity contribution < 1.29 is 4.74 Å². The van der Waals surface area contributed by atoms with Gasteiger partial charge in [0.25, 0.3) is 0 Å². The minimum Gasteiger partial charge on any atom is -0.383 e. The third kappa shape index (κ3) is 4.50. The molecule has 0 aromatic heterocycles. The van der Waals surface area contributed by atoms with E-state index in [9.17, 15) is 0 Å². The molecule has 108 valence electrons. The van der Waals surface area contributed by atoms with E-state index in [-0.39, 0.29) is 0 Å². The maximum absolute atomic E-state index is 5.38. The van der Waals surface area contributed by atoms with Crippen LogP contribution in [0.2, 0.25) is 0 Å². The molecule has 0 saturated carbocycles. The van der Waals surface area contributed by atoms with Crippen molar-refractivity contribution in [2.24, 2.45) is 5.92 Å². The lowest BCUT2D eigenvalue weighted by Crippen LogP contribution is -2.45. The highest BCUT2D eigenvalue weighted by Crippen LogP contribution is 2.21. The lowest BCUT2D eigenvalue weighted by molar-refractivity contribution is 0.0993. The molecular weight excluding hydrogens is 226 g/mol. The number of rotatable bonds is 8. The fraction of sp³-hybridized carbons (Fsp3) is 1.00. The summed E-state index contributed by atoms with van der Waals surface area (Å²) in [6.07, 6.45) is 1.19. The molecule has 0 aliphatic carbocycles. The first-order valence-corrected chi connectivity index (χ1v) is 7.20. The van der Waals surface area contributed by atoms with Gasteiger partial charge in [0.2, 0.25) is 0 Å². The van der Waals surface area contributed by atoms with Crippen LogP contribution in [-0.4, -0.2) is 75.9 Å². The summed E-state index contributed by atoms with van der Waals surface area (Å²) in [6, 6.07) is 1.18. The molecule has 0 radical (unpaired) electrons. The first-order valence-electron chi connectivity index (χ1n) is 7.20. The van der Waals surface area contributed by atoms with Crippen molar-refractivity contribution in [3.05, 3.63) is 0 Å². The molecule has 4 heteroatoms. The van der Waals surface area contributed by atoms with Gasteiger partial charge in [0.05, 0.1) is 6.61 Å². The largest absolute Gasteiger partial charge is 0.383 e. The standard InChI is InChI=1S/C14H31N3O/c1-6-7-15-8-13(11-18-5)17-9-12(2)14(10-17)16(3)4/h12-15H,6-11H2,1-5H3. The molecule has 1 aliphatic heterocycles. The Bertz CT molecular complexity index is 223. The molecule has 4 nitrogen and oxygen atoms in total. The molecule has 1 heterocycles. The highest BCUT2D eigenvalue weighted by molar-refractivity contribution is 4.90. The third-order valence-corrected chi connectivity index (χ3v) is 3.95. The van der Waals surface area contributed by atoms with Gasteiger partial charge in [0.1, 0.15) is 0 Å². The van der Waals surface area contributed by atoms with Crippen LogP contribution < -0.4 is 5.32 Å². The number of nitrogens with zero attached hydrogens (tertiary/aromatic N) is 2. The van der Waals surface area contributed by atoms with E-state index in [0.29, 0.717) is 12.1 Å². The highest BCUT2D eigenvalue weighted by Gasteiger charge is 2.34. The summed E-state index contributed by atoms with van der Waals surface area (Å²) in [6.45, 7) is 9.87. The monoisotopic (exact) mass is 257 g/mol. The zero-order valence-corrected chi connectivity index (χ0v) is 12.8. The van der Waals surface area contributed by atoms with Gasteiger partial charge in [0.15, 0.2) is 0 Å². The summed E-state index contributed by atoms with van der Waals surface area (Å²) < 4.78 is 5.38. The van der Waals surface area contributed by atoms with Crippen molar-refractivity contribution in [3.8, 4) is 0 Å². The Balaban J connectivity index is 2.48. The third-order valence-electron chi connectivity index (χ3n) is 3.95. The molecule has 0 aromatic carbocycles. The maximum Gasteiger partial charge on any atom is 0.0630 e. The summed E-state index contributed by atoms with van der Waals surface area (Å²) in [5.74, 6) is 0.741. The zero-order valence-electron chi connectivity index (χ0n) is 12.8. The summed E-state index contributed by atoms with van der Waals surface area (Å²) in [5, 5.41) is 3.52. The number of likely N-dealkylation sites (N-methyl/N-ethyl adjacent to an activating group) is 1. The highest BCUT2D eigenvalue weighted by atomic mass is 16.5. The molecule has 1 saturated heterocycles. The van der Waals surface area contributed by atoms with E-state index in [1.165, 1.54) is 13.0 Å². The number of hydrogen-bond donors (Lipinski definition) is 1. The molecule has 0 spiro atoms. The van der Waals surface area contributed by atoms with Gasteiger partial charge in [0, 0.05) is 38.8 Å². The minimum absolute atomic E-state index is 0.508. The molecule has 0 aromatic rings. The molecule has 3 unspecified atom stereocenters. The number of methoxy groups -OCH3 is 1. The maximum atomic E-state index is 5.38. The normalized spacial score (nSPS) is 27.0. The van der Waals surface area contributed by atoms with Crippen LogP contribution >= 0.6 is 0 Å². The summed E-state index contributed by atoms with van der Waals surface area (Å²) in [7, 11) is 6.17.